The van der Waals surface area contributed by atoms with Crippen LogP contribution in [0, 0.1) is 5.82 Å². The van der Waals surface area contributed by atoms with E-state index in [9.17, 15) is 14.0 Å². The Labute approximate surface area is 157 Å². The summed E-state index contributed by atoms with van der Waals surface area (Å²) in [7, 11) is 3.09. The Kier molecular flexibility index (Phi) is 5.30. The molecule has 1 heterocycles. The molecule has 27 heavy (non-hydrogen) atoms. The Morgan fingerprint density at radius 3 is 2.41 bits per heavy atom. The van der Waals surface area contributed by atoms with Gasteiger partial charge in [-0.1, -0.05) is 0 Å². The smallest absolute Gasteiger partial charge is 0.254 e. The number of rotatable bonds is 4. The molecule has 0 aromatic heterocycles. The lowest BCUT2D eigenvalue weighted by atomic mass is 10.1. The van der Waals surface area contributed by atoms with E-state index in [1.165, 1.54) is 36.3 Å². The summed E-state index contributed by atoms with van der Waals surface area (Å²) in [6.45, 7) is 2.38. The van der Waals surface area contributed by atoms with E-state index in [0.29, 0.717) is 35.8 Å². The molecule has 0 N–H and O–H groups in total. The monoisotopic (exact) mass is 372 g/mol. The third-order valence-corrected chi connectivity index (χ3v) is 4.69. The lowest BCUT2D eigenvalue weighted by Gasteiger charge is -2.39. The highest BCUT2D eigenvalue weighted by atomic mass is 19.1. The zero-order valence-corrected chi connectivity index (χ0v) is 15.4. The van der Waals surface area contributed by atoms with Crippen LogP contribution in [0.4, 0.5) is 10.1 Å². The molecule has 142 valence electrons. The van der Waals surface area contributed by atoms with Crippen molar-refractivity contribution in [1.29, 1.82) is 0 Å². The fraction of sp³-hybridized carbons (Fsp3) is 0.300. The molecular formula is C20H21FN2O4. The van der Waals surface area contributed by atoms with E-state index >= 15 is 0 Å². The number of amides is 2. The Morgan fingerprint density at radius 1 is 1.07 bits per heavy atom. The minimum absolute atomic E-state index is 0.208. The third kappa shape index (κ3) is 3.58. The Balaban J connectivity index is 1.82. The van der Waals surface area contributed by atoms with Crippen molar-refractivity contribution in [2.75, 3.05) is 32.2 Å². The minimum Gasteiger partial charge on any atom is -0.497 e. The Hall–Kier alpha value is -3.09. The second-order valence-electron chi connectivity index (χ2n) is 6.21. The topological polar surface area (TPSA) is 59.1 Å². The maximum Gasteiger partial charge on any atom is 0.254 e. The number of nitrogens with zero attached hydrogens (tertiary/aromatic N) is 2. The molecule has 0 aliphatic carbocycles. The van der Waals surface area contributed by atoms with Crippen molar-refractivity contribution in [3.8, 4) is 11.5 Å². The van der Waals surface area contributed by atoms with Gasteiger partial charge in [-0.15, -0.1) is 0 Å². The van der Waals surface area contributed by atoms with Gasteiger partial charge < -0.3 is 19.3 Å². The number of halogens is 1. The summed E-state index contributed by atoms with van der Waals surface area (Å²) in [5.74, 6) is 0.235. The van der Waals surface area contributed by atoms with E-state index < -0.39 is 11.9 Å². The molecule has 3 rings (SSSR count). The fourth-order valence-electron chi connectivity index (χ4n) is 3.15. The van der Waals surface area contributed by atoms with Gasteiger partial charge in [0.15, 0.2) is 0 Å². The minimum atomic E-state index is -0.650. The van der Waals surface area contributed by atoms with Gasteiger partial charge in [0.1, 0.15) is 23.4 Å². The lowest BCUT2D eigenvalue weighted by molar-refractivity contribution is -0.124. The highest BCUT2D eigenvalue weighted by molar-refractivity contribution is 6.04. The van der Waals surface area contributed by atoms with Crippen LogP contribution in [0.1, 0.15) is 17.3 Å². The highest BCUT2D eigenvalue weighted by Gasteiger charge is 2.36. The molecule has 1 unspecified atom stereocenters. The maximum absolute atomic E-state index is 13.1. The van der Waals surface area contributed by atoms with Crippen LogP contribution in [0.15, 0.2) is 42.5 Å². The number of methoxy groups -OCH3 is 2. The van der Waals surface area contributed by atoms with Crippen LogP contribution in [-0.4, -0.2) is 50.1 Å². The molecule has 2 aromatic rings. The lowest BCUT2D eigenvalue weighted by Crippen LogP contribution is -2.57. The van der Waals surface area contributed by atoms with E-state index in [4.69, 9.17) is 9.47 Å². The predicted molar refractivity (Wildman–Crippen MR) is 98.8 cm³/mol. The van der Waals surface area contributed by atoms with Gasteiger partial charge in [-0.05, 0) is 43.3 Å². The van der Waals surface area contributed by atoms with Crippen molar-refractivity contribution in [2.45, 2.75) is 13.0 Å². The van der Waals surface area contributed by atoms with Crippen molar-refractivity contribution in [2.24, 2.45) is 0 Å². The van der Waals surface area contributed by atoms with Crippen LogP contribution in [0.25, 0.3) is 0 Å². The van der Waals surface area contributed by atoms with Gasteiger partial charge in [0.25, 0.3) is 5.91 Å². The van der Waals surface area contributed by atoms with Crippen LogP contribution < -0.4 is 14.4 Å². The van der Waals surface area contributed by atoms with Gasteiger partial charge >= 0.3 is 0 Å². The van der Waals surface area contributed by atoms with Crippen LogP contribution in [-0.2, 0) is 4.79 Å². The molecule has 1 fully saturated rings. The summed E-state index contributed by atoms with van der Waals surface area (Å²) in [6.07, 6.45) is 0. The van der Waals surface area contributed by atoms with Gasteiger partial charge in [-0.3, -0.25) is 9.59 Å². The summed E-state index contributed by atoms with van der Waals surface area (Å²) in [5.41, 5.74) is 0.982. The summed E-state index contributed by atoms with van der Waals surface area (Å²) < 4.78 is 23.7. The highest BCUT2D eigenvalue weighted by Crippen LogP contribution is 2.34. The van der Waals surface area contributed by atoms with Crippen molar-refractivity contribution >= 4 is 17.5 Å². The SMILES string of the molecule is COc1ccc(N2CCN(C(=O)c3ccc(F)cc3)C(C)C2=O)c(OC)c1. The van der Waals surface area contributed by atoms with Crippen molar-refractivity contribution in [1.82, 2.24) is 4.90 Å². The maximum atomic E-state index is 13.1. The molecule has 6 nitrogen and oxygen atoms in total. The van der Waals surface area contributed by atoms with E-state index in [-0.39, 0.29) is 11.8 Å². The molecule has 1 aliphatic heterocycles. The Morgan fingerprint density at radius 2 is 1.78 bits per heavy atom. The van der Waals surface area contributed by atoms with E-state index in [0.717, 1.165) is 0 Å². The Bertz CT molecular complexity index is 854. The van der Waals surface area contributed by atoms with Gasteiger partial charge in [0.05, 0.1) is 19.9 Å². The van der Waals surface area contributed by atoms with E-state index in [1.807, 2.05) is 0 Å². The predicted octanol–water partition coefficient (Wildman–Crippen LogP) is 2.72. The number of benzene rings is 2. The standard InChI is InChI=1S/C20H21FN2O4/c1-13-19(24)23(17-9-8-16(26-2)12-18(17)27-3)11-10-22(13)20(25)14-4-6-15(21)7-5-14/h4-9,12-13H,10-11H2,1-3H3. The zero-order valence-electron chi connectivity index (χ0n) is 15.4. The van der Waals surface area contributed by atoms with Crippen molar-refractivity contribution in [3.63, 3.8) is 0 Å². The van der Waals surface area contributed by atoms with Crippen molar-refractivity contribution < 1.29 is 23.5 Å². The molecule has 2 aromatic carbocycles. The summed E-state index contributed by atoms with van der Waals surface area (Å²) in [4.78, 5) is 28.8. The summed E-state index contributed by atoms with van der Waals surface area (Å²) in [5, 5.41) is 0. The van der Waals surface area contributed by atoms with Crippen LogP contribution >= 0.6 is 0 Å². The number of anilines is 1. The molecule has 0 saturated carbocycles. The number of hydrogen-bond donors (Lipinski definition) is 0. The normalized spacial score (nSPS) is 17.0. The molecule has 7 heteroatoms. The van der Waals surface area contributed by atoms with E-state index in [2.05, 4.69) is 0 Å². The first-order chi connectivity index (χ1) is 13.0. The average Bonchev–Trinajstić information content (AvgIpc) is 2.69. The van der Waals surface area contributed by atoms with Crippen molar-refractivity contribution in [3.05, 3.63) is 53.8 Å². The second kappa shape index (κ2) is 7.65. The third-order valence-electron chi connectivity index (χ3n) is 4.69. The number of ether oxygens (including phenoxy) is 2. The number of hydrogen-bond acceptors (Lipinski definition) is 4. The quantitative estimate of drug-likeness (QED) is 0.828. The zero-order chi connectivity index (χ0) is 19.6. The molecule has 2 amide bonds. The first-order valence-corrected chi connectivity index (χ1v) is 8.56. The van der Waals surface area contributed by atoms with E-state index in [1.54, 1.807) is 37.1 Å². The fourth-order valence-corrected chi connectivity index (χ4v) is 3.15. The van der Waals surface area contributed by atoms with Crippen LogP contribution in [0.2, 0.25) is 0 Å². The van der Waals surface area contributed by atoms with Crippen LogP contribution in [0.5, 0.6) is 11.5 Å². The van der Waals surface area contributed by atoms with Gasteiger partial charge in [0, 0.05) is 24.7 Å². The first kappa shape index (κ1) is 18.7. The molecule has 1 atom stereocenters. The molecule has 1 saturated heterocycles. The molecule has 1 aliphatic rings. The number of piperazine rings is 1. The average molecular weight is 372 g/mol. The number of carbonyl (C=O) groups excluding carboxylic acids is 2. The van der Waals surface area contributed by atoms with Gasteiger partial charge in [0.2, 0.25) is 5.91 Å². The molecule has 0 radical (unpaired) electrons. The first-order valence-electron chi connectivity index (χ1n) is 8.56. The van der Waals surface area contributed by atoms with Crippen LogP contribution in [0.3, 0.4) is 0 Å². The molecule has 0 bridgehead atoms. The summed E-state index contributed by atoms with van der Waals surface area (Å²) in [6, 6.07) is 9.90. The second-order valence-corrected chi connectivity index (χ2v) is 6.21. The van der Waals surface area contributed by atoms with Gasteiger partial charge in [-0.25, -0.2) is 4.39 Å². The molecular weight excluding hydrogens is 351 g/mol. The largest absolute Gasteiger partial charge is 0.497 e. The molecule has 0 spiro atoms. The van der Waals surface area contributed by atoms with Gasteiger partial charge in [-0.2, -0.15) is 0 Å². The summed E-state index contributed by atoms with van der Waals surface area (Å²) >= 11 is 0. The number of carbonyl (C=O) groups is 2.